The van der Waals surface area contributed by atoms with Crippen LogP contribution in [0.15, 0.2) is 36.5 Å². The first-order valence-corrected chi connectivity index (χ1v) is 16.6. The molecule has 2 amide bonds. The fourth-order valence-corrected chi connectivity index (χ4v) is 9.88. The molecular weight excluding hydrogens is 563 g/mol. The standard InChI is InChI=1S/C26H36FN3O8P2/c1-3-4-12-30(26(31)29-24-10-9-22(34-2)19-28-24)13-11-20-7-8-21(18-23(20)27)25(39(32)35-14-5-15-36-39)40(33)37-16-6-17-38-40/h7-10,18-19,25H,3-6,11-17H2,1-2H3,(H,28,29,31). The molecule has 1 N–H and O–H groups in total. The number of nitrogens with one attached hydrogen (secondary N) is 1. The Morgan fingerprint density at radius 3 is 2.23 bits per heavy atom. The molecule has 2 aromatic rings. The van der Waals surface area contributed by atoms with Gasteiger partial charge in [0.05, 0.1) is 39.7 Å². The number of methoxy groups -OCH3 is 1. The predicted octanol–water partition coefficient (Wildman–Crippen LogP) is 6.36. The number of hydrogen-bond donors (Lipinski definition) is 1. The fraction of sp³-hybridized carbons (Fsp3) is 0.538. The molecule has 2 aliphatic rings. The van der Waals surface area contributed by atoms with Crippen LogP contribution in [0.3, 0.4) is 0 Å². The number of aromatic nitrogens is 1. The molecule has 3 heterocycles. The average molecular weight is 600 g/mol. The Labute approximate surface area is 233 Å². The first kappa shape index (κ1) is 30.6. The third kappa shape index (κ3) is 7.49. The lowest BCUT2D eigenvalue weighted by molar-refractivity contribution is 0.125. The van der Waals surface area contributed by atoms with Gasteiger partial charge in [0.1, 0.15) is 17.4 Å². The number of rotatable bonds is 11. The van der Waals surface area contributed by atoms with E-state index in [1.807, 2.05) is 6.92 Å². The van der Waals surface area contributed by atoms with Gasteiger partial charge in [-0.25, -0.2) is 14.2 Å². The molecule has 0 bridgehead atoms. The summed E-state index contributed by atoms with van der Waals surface area (Å²) in [5, 5.41) is 1.37. The number of pyridine rings is 1. The number of halogens is 1. The molecule has 0 saturated carbocycles. The largest absolute Gasteiger partial charge is 0.495 e. The summed E-state index contributed by atoms with van der Waals surface area (Å²) < 4.78 is 69.8. The van der Waals surface area contributed by atoms with Gasteiger partial charge in [0.2, 0.25) is 0 Å². The molecule has 0 aliphatic carbocycles. The van der Waals surface area contributed by atoms with Crippen molar-refractivity contribution in [1.29, 1.82) is 0 Å². The molecule has 2 fully saturated rings. The number of carbonyl (C=O) groups excluding carboxylic acids is 1. The summed E-state index contributed by atoms with van der Waals surface area (Å²) in [6.07, 6.45) is 4.45. The minimum atomic E-state index is -3.96. The monoisotopic (exact) mass is 599 g/mol. The smallest absolute Gasteiger partial charge is 0.350 e. The summed E-state index contributed by atoms with van der Waals surface area (Å²) >= 11 is 0. The van der Waals surface area contributed by atoms with Crippen molar-refractivity contribution >= 4 is 27.0 Å². The number of amides is 2. The van der Waals surface area contributed by atoms with E-state index in [0.717, 1.165) is 12.8 Å². The molecule has 2 saturated heterocycles. The summed E-state index contributed by atoms with van der Waals surface area (Å²) in [5.41, 5.74) is 0.495. The van der Waals surface area contributed by atoms with Gasteiger partial charge in [-0.15, -0.1) is 0 Å². The molecule has 0 spiro atoms. The number of unbranched alkanes of at least 4 members (excludes halogenated alkanes) is 1. The lowest BCUT2D eigenvalue weighted by Gasteiger charge is -2.35. The van der Waals surface area contributed by atoms with E-state index in [4.69, 9.17) is 22.8 Å². The maximum absolute atomic E-state index is 15.4. The van der Waals surface area contributed by atoms with Crippen molar-refractivity contribution in [3.05, 3.63) is 53.5 Å². The van der Waals surface area contributed by atoms with Crippen molar-refractivity contribution < 1.29 is 41.1 Å². The van der Waals surface area contributed by atoms with Crippen molar-refractivity contribution in [3.8, 4) is 5.75 Å². The number of anilines is 1. The molecule has 220 valence electrons. The normalized spacial score (nSPS) is 18.3. The first-order chi connectivity index (χ1) is 19.3. The van der Waals surface area contributed by atoms with Gasteiger partial charge in [-0.05, 0) is 55.0 Å². The Bertz CT molecular complexity index is 1200. The Hall–Kier alpha value is -2.33. The molecule has 11 nitrogen and oxygen atoms in total. The Kier molecular flexibility index (Phi) is 10.7. The molecule has 40 heavy (non-hydrogen) atoms. The molecule has 0 atom stereocenters. The number of hydrogen-bond acceptors (Lipinski definition) is 9. The van der Waals surface area contributed by atoms with Gasteiger partial charge in [-0.2, -0.15) is 0 Å². The third-order valence-corrected chi connectivity index (χ3v) is 12.2. The van der Waals surface area contributed by atoms with Gasteiger partial charge in [0, 0.05) is 13.1 Å². The number of benzene rings is 1. The van der Waals surface area contributed by atoms with Gasteiger partial charge >= 0.3 is 21.2 Å². The van der Waals surface area contributed by atoms with Crippen LogP contribution in [0.2, 0.25) is 0 Å². The van der Waals surface area contributed by atoms with Crippen LogP contribution < -0.4 is 10.1 Å². The van der Waals surface area contributed by atoms with Crippen LogP contribution in [0.4, 0.5) is 15.0 Å². The highest BCUT2D eigenvalue weighted by Crippen LogP contribution is 2.79. The molecule has 0 radical (unpaired) electrons. The third-order valence-electron chi connectivity index (χ3n) is 6.56. The molecule has 0 unspecified atom stereocenters. The van der Waals surface area contributed by atoms with E-state index >= 15 is 4.39 Å². The van der Waals surface area contributed by atoms with Crippen molar-refractivity contribution in [3.63, 3.8) is 0 Å². The minimum Gasteiger partial charge on any atom is -0.495 e. The second-order valence-electron chi connectivity index (χ2n) is 9.45. The summed E-state index contributed by atoms with van der Waals surface area (Å²) in [6.45, 7) is 3.40. The molecule has 1 aromatic carbocycles. The Balaban J connectivity index is 1.50. The summed E-state index contributed by atoms with van der Waals surface area (Å²) in [4.78, 5) is 18.8. The van der Waals surface area contributed by atoms with E-state index in [0.29, 0.717) is 36.5 Å². The summed E-state index contributed by atoms with van der Waals surface area (Å²) in [7, 11) is -6.40. The maximum atomic E-state index is 15.4. The summed E-state index contributed by atoms with van der Waals surface area (Å²) in [6, 6.07) is 7.24. The van der Waals surface area contributed by atoms with E-state index < -0.39 is 26.4 Å². The van der Waals surface area contributed by atoms with Crippen LogP contribution in [0.25, 0.3) is 0 Å². The van der Waals surface area contributed by atoms with Crippen LogP contribution in [0.1, 0.15) is 49.1 Å². The average Bonchev–Trinajstić information content (AvgIpc) is 2.95. The van der Waals surface area contributed by atoms with E-state index in [9.17, 15) is 13.9 Å². The van der Waals surface area contributed by atoms with Gasteiger partial charge in [-0.3, -0.25) is 14.4 Å². The lowest BCUT2D eigenvalue weighted by atomic mass is 10.1. The highest BCUT2D eigenvalue weighted by Gasteiger charge is 2.54. The van der Waals surface area contributed by atoms with Crippen molar-refractivity contribution in [2.24, 2.45) is 0 Å². The maximum Gasteiger partial charge on any atom is 0.350 e. The van der Waals surface area contributed by atoms with Gasteiger partial charge in [0.25, 0.3) is 0 Å². The van der Waals surface area contributed by atoms with Crippen LogP contribution in [-0.2, 0) is 33.6 Å². The highest BCUT2D eigenvalue weighted by molar-refractivity contribution is 7.72. The van der Waals surface area contributed by atoms with Crippen LogP contribution in [-0.4, -0.2) is 62.5 Å². The minimum absolute atomic E-state index is 0.155. The quantitative estimate of drug-likeness (QED) is 0.294. The van der Waals surface area contributed by atoms with Crippen LogP contribution >= 0.6 is 15.2 Å². The van der Waals surface area contributed by atoms with Crippen LogP contribution in [0.5, 0.6) is 5.75 Å². The van der Waals surface area contributed by atoms with E-state index in [-0.39, 0.29) is 51.0 Å². The molecule has 1 aromatic heterocycles. The van der Waals surface area contributed by atoms with E-state index in [1.54, 1.807) is 23.1 Å². The number of carbonyl (C=O) groups is 1. The highest BCUT2D eigenvalue weighted by atomic mass is 31.2. The molecule has 4 rings (SSSR count). The van der Waals surface area contributed by atoms with Crippen LogP contribution in [0, 0.1) is 5.82 Å². The summed E-state index contributed by atoms with van der Waals surface area (Å²) in [5.74, 6) is 0.348. The van der Waals surface area contributed by atoms with Gasteiger partial charge < -0.3 is 27.7 Å². The van der Waals surface area contributed by atoms with Crippen molar-refractivity contribution in [2.75, 3.05) is 51.9 Å². The Morgan fingerprint density at radius 1 is 1.05 bits per heavy atom. The molecule has 2 aliphatic heterocycles. The van der Waals surface area contributed by atoms with E-state index in [2.05, 4.69) is 10.3 Å². The van der Waals surface area contributed by atoms with E-state index in [1.165, 1.54) is 25.4 Å². The molecular formula is C26H36FN3O8P2. The second kappa shape index (κ2) is 14.0. The van der Waals surface area contributed by atoms with Crippen molar-refractivity contribution in [2.45, 2.75) is 44.4 Å². The number of urea groups is 1. The SMILES string of the molecule is CCCCN(CCc1ccc(C(P2(=O)OCCCO2)P2(=O)OCCCO2)cc1F)C(=O)Nc1ccc(OC)cn1. The zero-order valence-corrected chi connectivity index (χ0v) is 24.5. The topological polar surface area (TPSA) is 126 Å². The molecule has 14 heteroatoms. The predicted molar refractivity (Wildman–Crippen MR) is 147 cm³/mol. The number of ether oxygens (including phenoxy) is 1. The van der Waals surface area contributed by atoms with Gasteiger partial charge in [0.15, 0.2) is 5.40 Å². The first-order valence-electron chi connectivity index (χ1n) is 13.4. The number of nitrogens with zero attached hydrogens (tertiary/aromatic N) is 2. The second-order valence-corrected chi connectivity index (χ2v) is 14.1. The zero-order valence-electron chi connectivity index (χ0n) is 22.8. The van der Waals surface area contributed by atoms with Crippen molar-refractivity contribution in [1.82, 2.24) is 9.88 Å². The fourth-order valence-electron chi connectivity index (χ4n) is 4.39. The Morgan fingerprint density at radius 2 is 1.70 bits per heavy atom. The van der Waals surface area contributed by atoms with Gasteiger partial charge in [-0.1, -0.05) is 25.5 Å². The lowest BCUT2D eigenvalue weighted by Crippen LogP contribution is -2.37. The zero-order chi connectivity index (χ0) is 28.6.